The number of nitriles is 1. The van der Waals surface area contributed by atoms with Crippen molar-refractivity contribution < 1.29 is 9.53 Å². The van der Waals surface area contributed by atoms with Gasteiger partial charge >= 0.3 is 0 Å². The number of nitrogens with zero attached hydrogens (tertiary/aromatic N) is 1. The van der Waals surface area contributed by atoms with Gasteiger partial charge in [-0.05, 0) is 26.0 Å². The first kappa shape index (κ1) is 10.3. The van der Waals surface area contributed by atoms with Crippen LogP contribution in [-0.2, 0) is 0 Å². The zero-order valence-electron chi connectivity index (χ0n) is 8.15. The van der Waals surface area contributed by atoms with Crippen LogP contribution in [0.25, 0.3) is 0 Å². The Morgan fingerprint density at radius 3 is 2.86 bits per heavy atom. The van der Waals surface area contributed by atoms with Crippen molar-refractivity contribution in [3.63, 3.8) is 0 Å². The summed E-state index contributed by atoms with van der Waals surface area (Å²) < 4.78 is 5.24. The van der Waals surface area contributed by atoms with E-state index in [0.717, 1.165) is 0 Å². The van der Waals surface area contributed by atoms with E-state index in [1.165, 1.54) is 6.92 Å². The quantitative estimate of drug-likeness (QED) is 0.685. The number of hydrogen-bond donors (Lipinski definition) is 0. The summed E-state index contributed by atoms with van der Waals surface area (Å²) in [4.78, 5) is 11.0. The molecule has 1 unspecified atom stereocenters. The molecule has 0 spiro atoms. The Morgan fingerprint density at radius 1 is 1.57 bits per heavy atom. The van der Waals surface area contributed by atoms with E-state index in [2.05, 4.69) is 0 Å². The summed E-state index contributed by atoms with van der Waals surface area (Å²) in [6, 6.07) is 8.76. The van der Waals surface area contributed by atoms with Gasteiger partial charge in [0.05, 0.1) is 0 Å². The summed E-state index contributed by atoms with van der Waals surface area (Å²) in [7, 11) is 0. The summed E-state index contributed by atoms with van der Waals surface area (Å²) in [5.74, 6) is 0.534. The van der Waals surface area contributed by atoms with Crippen molar-refractivity contribution >= 4 is 5.78 Å². The van der Waals surface area contributed by atoms with E-state index in [0.29, 0.717) is 11.3 Å². The molecule has 14 heavy (non-hydrogen) atoms. The van der Waals surface area contributed by atoms with Crippen molar-refractivity contribution in [2.24, 2.45) is 0 Å². The van der Waals surface area contributed by atoms with Crippen LogP contribution in [0.1, 0.15) is 24.2 Å². The van der Waals surface area contributed by atoms with Gasteiger partial charge in [0.25, 0.3) is 0 Å². The fourth-order valence-electron chi connectivity index (χ4n) is 1.02. The fraction of sp³-hybridized carbons (Fsp3) is 0.273. The molecule has 3 nitrogen and oxygen atoms in total. The second-order valence-corrected chi connectivity index (χ2v) is 2.97. The van der Waals surface area contributed by atoms with Crippen molar-refractivity contribution in [1.82, 2.24) is 0 Å². The van der Waals surface area contributed by atoms with Crippen molar-refractivity contribution in [3.05, 3.63) is 29.8 Å². The van der Waals surface area contributed by atoms with Gasteiger partial charge in [0, 0.05) is 5.56 Å². The summed E-state index contributed by atoms with van der Waals surface area (Å²) in [6.07, 6.45) is -0.503. The lowest BCUT2D eigenvalue weighted by Gasteiger charge is -2.07. The molecule has 1 rings (SSSR count). The summed E-state index contributed by atoms with van der Waals surface area (Å²) in [5, 5.41) is 8.53. The van der Waals surface area contributed by atoms with Gasteiger partial charge in [0.2, 0.25) is 0 Å². The van der Waals surface area contributed by atoms with Crippen LogP contribution in [0, 0.1) is 11.3 Å². The van der Waals surface area contributed by atoms with E-state index in [1.54, 1.807) is 31.2 Å². The minimum absolute atomic E-state index is 0.0138. The molecule has 0 aliphatic carbocycles. The van der Waals surface area contributed by atoms with E-state index in [9.17, 15) is 4.79 Å². The third-order valence-electron chi connectivity index (χ3n) is 1.74. The van der Waals surface area contributed by atoms with Crippen LogP contribution < -0.4 is 4.74 Å². The molecule has 0 saturated heterocycles. The first-order valence-corrected chi connectivity index (χ1v) is 4.30. The molecule has 0 bridgehead atoms. The topological polar surface area (TPSA) is 50.1 Å². The number of carbonyl (C=O) groups is 1. The molecule has 1 aromatic carbocycles. The van der Waals surface area contributed by atoms with Crippen LogP contribution in [0.5, 0.6) is 5.75 Å². The maximum atomic E-state index is 11.0. The first-order chi connectivity index (χ1) is 6.63. The van der Waals surface area contributed by atoms with Crippen LogP contribution >= 0.6 is 0 Å². The Bertz CT molecular complexity index is 379. The molecular formula is C11H11NO2. The zero-order valence-corrected chi connectivity index (χ0v) is 8.15. The molecule has 0 aromatic heterocycles. The van der Waals surface area contributed by atoms with Crippen LogP contribution in [0.4, 0.5) is 0 Å². The number of Topliss-reactive ketones (excluding diaryl/α,β-unsaturated/α-hetero) is 1. The average Bonchev–Trinajstić information content (AvgIpc) is 2.18. The molecule has 0 aliphatic heterocycles. The lowest BCUT2D eigenvalue weighted by atomic mass is 10.1. The van der Waals surface area contributed by atoms with Crippen LogP contribution in [0.15, 0.2) is 24.3 Å². The summed E-state index contributed by atoms with van der Waals surface area (Å²) in [5.41, 5.74) is 0.590. The third kappa shape index (κ3) is 2.60. The number of ketones is 1. The van der Waals surface area contributed by atoms with Gasteiger partial charge in [-0.2, -0.15) is 5.26 Å². The van der Waals surface area contributed by atoms with Gasteiger partial charge in [0.15, 0.2) is 11.9 Å². The molecular weight excluding hydrogens is 178 g/mol. The lowest BCUT2D eigenvalue weighted by molar-refractivity contribution is 0.101. The number of rotatable bonds is 3. The van der Waals surface area contributed by atoms with Gasteiger partial charge in [-0.15, -0.1) is 0 Å². The Hall–Kier alpha value is -1.82. The lowest BCUT2D eigenvalue weighted by Crippen LogP contribution is -2.08. The van der Waals surface area contributed by atoms with Gasteiger partial charge in [-0.1, -0.05) is 12.1 Å². The SMILES string of the molecule is CC(=O)c1cccc(OC(C)C#N)c1. The average molecular weight is 189 g/mol. The van der Waals surface area contributed by atoms with Crippen molar-refractivity contribution in [1.29, 1.82) is 5.26 Å². The Morgan fingerprint density at radius 2 is 2.29 bits per heavy atom. The highest BCUT2D eigenvalue weighted by Crippen LogP contribution is 2.14. The molecule has 0 amide bonds. The predicted octanol–water partition coefficient (Wildman–Crippen LogP) is 2.18. The van der Waals surface area contributed by atoms with E-state index >= 15 is 0 Å². The molecule has 0 radical (unpaired) electrons. The second-order valence-electron chi connectivity index (χ2n) is 2.97. The standard InChI is InChI=1S/C11H11NO2/c1-8(7-12)14-11-5-3-4-10(6-11)9(2)13/h3-6,8H,1-2H3. The van der Waals surface area contributed by atoms with E-state index in [-0.39, 0.29) is 5.78 Å². The molecule has 1 atom stereocenters. The Labute approximate surface area is 82.9 Å². The smallest absolute Gasteiger partial charge is 0.181 e. The van der Waals surface area contributed by atoms with Gasteiger partial charge < -0.3 is 4.74 Å². The van der Waals surface area contributed by atoms with E-state index < -0.39 is 6.10 Å². The largest absolute Gasteiger partial charge is 0.476 e. The minimum atomic E-state index is -0.503. The monoisotopic (exact) mass is 189 g/mol. The van der Waals surface area contributed by atoms with E-state index in [1.807, 2.05) is 6.07 Å². The summed E-state index contributed by atoms with van der Waals surface area (Å²) in [6.45, 7) is 3.15. The molecule has 0 heterocycles. The molecule has 1 aromatic rings. The molecule has 0 saturated carbocycles. The Balaban J connectivity index is 2.85. The van der Waals surface area contributed by atoms with Crippen LogP contribution in [0.3, 0.4) is 0 Å². The van der Waals surface area contributed by atoms with Crippen LogP contribution in [0.2, 0.25) is 0 Å². The van der Waals surface area contributed by atoms with Crippen molar-refractivity contribution in [2.45, 2.75) is 20.0 Å². The fourth-order valence-corrected chi connectivity index (χ4v) is 1.02. The van der Waals surface area contributed by atoms with Gasteiger partial charge in [-0.25, -0.2) is 0 Å². The normalized spacial score (nSPS) is 11.5. The van der Waals surface area contributed by atoms with Gasteiger partial charge in [0.1, 0.15) is 11.8 Å². The van der Waals surface area contributed by atoms with Crippen molar-refractivity contribution in [2.75, 3.05) is 0 Å². The highest BCUT2D eigenvalue weighted by molar-refractivity contribution is 5.94. The number of benzene rings is 1. The molecule has 0 aliphatic rings. The molecule has 72 valence electrons. The van der Waals surface area contributed by atoms with Crippen LogP contribution in [-0.4, -0.2) is 11.9 Å². The van der Waals surface area contributed by atoms with E-state index in [4.69, 9.17) is 10.00 Å². The maximum absolute atomic E-state index is 11.0. The molecule has 0 fully saturated rings. The predicted molar refractivity (Wildman–Crippen MR) is 52.1 cm³/mol. The second kappa shape index (κ2) is 4.43. The number of hydrogen-bond acceptors (Lipinski definition) is 3. The highest BCUT2D eigenvalue weighted by Gasteiger charge is 2.04. The highest BCUT2D eigenvalue weighted by atomic mass is 16.5. The molecule has 3 heteroatoms. The van der Waals surface area contributed by atoms with Gasteiger partial charge in [-0.3, -0.25) is 4.79 Å². The number of carbonyl (C=O) groups excluding carboxylic acids is 1. The third-order valence-corrected chi connectivity index (χ3v) is 1.74. The zero-order chi connectivity index (χ0) is 10.6. The maximum Gasteiger partial charge on any atom is 0.181 e. The molecule has 0 N–H and O–H groups in total. The summed E-state index contributed by atoms with van der Waals surface area (Å²) >= 11 is 0. The first-order valence-electron chi connectivity index (χ1n) is 4.30. The number of ether oxygens (including phenoxy) is 1. The van der Waals surface area contributed by atoms with Crippen molar-refractivity contribution in [3.8, 4) is 11.8 Å². The minimum Gasteiger partial charge on any atom is -0.476 e. The Kier molecular flexibility index (Phi) is 3.24.